The largest absolute Gasteiger partial charge is 0.368 e. The molecule has 0 aromatic carbocycles. The number of hydrogen-bond acceptors (Lipinski definition) is 4. The maximum absolute atomic E-state index is 11.2. The zero-order valence-electron chi connectivity index (χ0n) is 9.32. The van der Waals surface area contributed by atoms with Crippen molar-refractivity contribution in [1.82, 2.24) is 15.1 Å². The molecule has 0 saturated heterocycles. The van der Waals surface area contributed by atoms with Crippen LogP contribution in [0.1, 0.15) is 12.1 Å². The van der Waals surface area contributed by atoms with Gasteiger partial charge in [0.1, 0.15) is 5.82 Å². The number of carbonyl (C=O) groups excluding carboxylic acids is 1. The number of nitrogens with one attached hydrogen (secondary N) is 1. The Kier molecular flexibility index (Phi) is 4.03. The molecule has 0 fully saturated rings. The summed E-state index contributed by atoms with van der Waals surface area (Å²) in [6.45, 7) is 2.46. The second kappa shape index (κ2) is 5.29. The van der Waals surface area contributed by atoms with Crippen LogP contribution in [0.25, 0.3) is 0 Å². The molecule has 0 unspecified atom stereocenters. The number of nitrogens with zero attached hydrogens (tertiary/aromatic N) is 3. The molecule has 15 heavy (non-hydrogen) atoms. The summed E-state index contributed by atoms with van der Waals surface area (Å²) in [6, 6.07) is 3.73. The van der Waals surface area contributed by atoms with Crippen LogP contribution in [0.5, 0.6) is 0 Å². The highest BCUT2D eigenvalue weighted by molar-refractivity contribution is 5.76. The molecule has 1 heterocycles. The zero-order chi connectivity index (χ0) is 11.3. The molecule has 0 atom stereocenters. The third-order valence-corrected chi connectivity index (χ3v) is 1.94. The summed E-state index contributed by atoms with van der Waals surface area (Å²) in [5.74, 6) is 0.801. The minimum absolute atomic E-state index is 0.0996. The van der Waals surface area contributed by atoms with Gasteiger partial charge in [-0.05, 0) is 19.1 Å². The summed E-state index contributed by atoms with van der Waals surface area (Å²) < 4.78 is 0. The molecule has 1 rings (SSSR count). The van der Waals surface area contributed by atoms with Crippen LogP contribution in [0, 0.1) is 6.92 Å². The molecule has 0 aliphatic carbocycles. The van der Waals surface area contributed by atoms with E-state index in [0.717, 1.165) is 5.69 Å². The lowest BCUT2D eigenvalue weighted by atomic mass is 10.3. The highest BCUT2D eigenvalue weighted by Crippen LogP contribution is 2.00. The van der Waals surface area contributed by atoms with E-state index < -0.39 is 0 Å². The molecule has 82 valence electrons. The summed E-state index contributed by atoms with van der Waals surface area (Å²) >= 11 is 0. The van der Waals surface area contributed by atoms with Crippen LogP contribution < -0.4 is 5.32 Å². The average Bonchev–Trinajstić information content (AvgIpc) is 2.20. The molecular formula is C10H16N4O. The van der Waals surface area contributed by atoms with Gasteiger partial charge >= 0.3 is 0 Å². The van der Waals surface area contributed by atoms with E-state index in [1.54, 1.807) is 19.0 Å². The van der Waals surface area contributed by atoms with Crippen molar-refractivity contribution >= 4 is 11.7 Å². The maximum atomic E-state index is 11.2. The minimum Gasteiger partial charge on any atom is -0.368 e. The number of hydrogen-bond donors (Lipinski definition) is 1. The maximum Gasteiger partial charge on any atom is 0.223 e. The van der Waals surface area contributed by atoms with Crippen LogP contribution in [0.4, 0.5) is 5.82 Å². The van der Waals surface area contributed by atoms with Crippen LogP contribution in [0.15, 0.2) is 12.1 Å². The molecule has 0 aliphatic rings. The Morgan fingerprint density at radius 3 is 2.67 bits per heavy atom. The fourth-order valence-electron chi connectivity index (χ4n) is 1.01. The first-order chi connectivity index (χ1) is 7.09. The standard InChI is InChI=1S/C10H16N4O/c1-8-4-5-9(13-12-8)11-7-6-10(15)14(2)3/h4-5H,6-7H2,1-3H3,(H,11,13). The van der Waals surface area contributed by atoms with Gasteiger partial charge < -0.3 is 10.2 Å². The molecule has 1 aromatic rings. The molecule has 0 radical (unpaired) electrons. The molecule has 1 amide bonds. The Hall–Kier alpha value is -1.65. The first-order valence-electron chi connectivity index (χ1n) is 4.84. The summed E-state index contributed by atoms with van der Waals surface area (Å²) in [7, 11) is 3.49. The second-order valence-corrected chi connectivity index (χ2v) is 3.52. The lowest BCUT2D eigenvalue weighted by Gasteiger charge is -2.10. The van der Waals surface area contributed by atoms with Gasteiger partial charge in [0.2, 0.25) is 5.91 Å². The highest BCUT2D eigenvalue weighted by Gasteiger charge is 2.02. The van der Waals surface area contributed by atoms with Crippen LogP contribution in [-0.2, 0) is 4.79 Å². The van der Waals surface area contributed by atoms with E-state index in [0.29, 0.717) is 18.8 Å². The summed E-state index contributed by atoms with van der Waals surface area (Å²) in [5, 5.41) is 10.9. The van der Waals surface area contributed by atoms with Crippen LogP contribution >= 0.6 is 0 Å². The average molecular weight is 208 g/mol. The van der Waals surface area contributed by atoms with E-state index in [1.807, 2.05) is 19.1 Å². The van der Waals surface area contributed by atoms with Gasteiger partial charge in [-0.1, -0.05) is 0 Å². The quantitative estimate of drug-likeness (QED) is 0.790. The molecule has 1 N–H and O–H groups in total. The van der Waals surface area contributed by atoms with Crippen LogP contribution in [0.3, 0.4) is 0 Å². The Labute approximate surface area is 89.5 Å². The molecule has 0 aliphatic heterocycles. The van der Waals surface area contributed by atoms with E-state index in [-0.39, 0.29) is 5.91 Å². The third kappa shape index (κ3) is 3.93. The van der Waals surface area contributed by atoms with Crippen molar-refractivity contribution in [2.75, 3.05) is 26.0 Å². The van der Waals surface area contributed by atoms with Gasteiger partial charge in [0.15, 0.2) is 0 Å². The predicted molar refractivity (Wildman–Crippen MR) is 58.6 cm³/mol. The number of aromatic nitrogens is 2. The minimum atomic E-state index is 0.0996. The summed E-state index contributed by atoms with van der Waals surface area (Å²) in [5.41, 5.74) is 0.880. The second-order valence-electron chi connectivity index (χ2n) is 3.52. The Morgan fingerprint density at radius 1 is 1.40 bits per heavy atom. The molecular weight excluding hydrogens is 192 g/mol. The molecule has 0 bridgehead atoms. The van der Waals surface area contributed by atoms with Gasteiger partial charge in [-0.3, -0.25) is 4.79 Å². The van der Waals surface area contributed by atoms with Crippen molar-refractivity contribution in [2.24, 2.45) is 0 Å². The van der Waals surface area contributed by atoms with Gasteiger partial charge in [-0.15, -0.1) is 5.10 Å². The van der Waals surface area contributed by atoms with E-state index in [1.165, 1.54) is 0 Å². The van der Waals surface area contributed by atoms with Crippen LogP contribution in [-0.4, -0.2) is 41.6 Å². The first-order valence-corrected chi connectivity index (χ1v) is 4.84. The van der Waals surface area contributed by atoms with E-state index in [9.17, 15) is 4.79 Å². The number of carbonyl (C=O) groups is 1. The number of aryl methyl sites for hydroxylation is 1. The third-order valence-electron chi connectivity index (χ3n) is 1.94. The van der Waals surface area contributed by atoms with Crippen molar-refractivity contribution in [3.63, 3.8) is 0 Å². The van der Waals surface area contributed by atoms with Crippen LogP contribution in [0.2, 0.25) is 0 Å². The molecule has 5 nitrogen and oxygen atoms in total. The van der Waals surface area contributed by atoms with Gasteiger partial charge in [-0.2, -0.15) is 5.10 Å². The highest BCUT2D eigenvalue weighted by atomic mass is 16.2. The number of rotatable bonds is 4. The zero-order valence-corrected chi connectivity index (χ0v) is 9.32. The van der Waals surface area contributed by atoms with Gasteiger partial charge in [0.25, 0.3) is 0 Å². The Bertz CT molecular complexity index is 321. The summed E-state index contributed by atoms with van der Waals surface area (Å²) in [6.07, 6.45) is 0.461. The van der Waals surface area contributed by atoms with Crippen molar-refractivity contribution in [3.05, 3.63) is 17.8 Å². The first kappa shape index (κ1) is 11.4. The SMILES string of the molecule is Cc1ccc(NCCC(=O)N(C)C)nn1. The topological polar surface area (TPSA) is 58.1 Å². The molecule has 5 heteroatoms. The van der Waals surface area contributed by atoms with Crippen molar-refractivity contribution in [2.45, 2.75) is 13.3 Å². The van der Waals surface area contributed by atoms with E-state index in [2.05, 4.69) is 15.5 Å². The summed E-state index contributed by atoms with van der Waals surface area (Å²) in [4.78, 5) is 12.8. The van der Waals surface area contributed by atoms with Gasteiger partial charge in [0.05, 0.1) is 5.69 Å². The van der Waals surface area contributed by atoms with Gasteiger partial charge in [0, 0.05) is 27.1 Å². The Balaban J connectivity index is 2.32. The molecule has 1 aromatic heterocycles. The molecule has 0 saturated carbocycles. The monoisotopic (exact) mass is 208 g/mol. The Morgan fingerprint density at radius 2 is 2.13 bits per heavy atom. The van der Waals surface area contributed by atoms with Crippen molar-refractivity contribution < 1.29 is 4.79 Å². The van der Waals surface area contributed by atoms with E-state index in [4.69, 9.17) is 0 Å². The lowest BCUT2D eigenvalue weighted by Crippen LogP contribution is -2.24. The normalized spacial score (nSPS) is 9.80. The van der Waals surface area contributed by atoms with E-state index >= 15 is 0 Å². The smallest absolute Gasteiger partial charge is 0.223 e. The predicted octanol–water partition coefficient (Wildman–Crippen LogP) is 0.675. The number of anilines is 1. The van der Waals surface area contributed by atoms with Gasteiger partial charge in [-0.25, -0.2) is 0 Å². The van der Waals surface area contributed by atoms with Crippen molar-refractivity contribution in [3.8, 4) is 0 Å². The fourth-order valence-corrected chi connectivity index (χ4v) is 1.01. The molecule has 0 spiro atoms. The lowest BCUT2D eigenvalue weighted by molar-refractivity contribution is -0.128. The number of amides is 1. The fraction of sp³-hybridized carbons (Fsp3) is 0.500. The van der Waals surface area contributed by atoms with Crippen molar-refractivity contribution in [1.29, 1.82) is 0 Å².